The first-order valence-electron chi connectivity index (χ1n) is 40.8. The first kappa shape index (κ1) is 92.4. The van der Waals surface area contributed by atoms with E-state index in [0.717, 1.165) is 12.5 Å². The Hall–Kier alpha value is -3.25. The van der Waals surface area contributed by atoms with Crippen molar-refractivity contribution in [2.24, 2.45) is 50.2 Å². The van der Waals surface area contributed by atoms with E-state index in [1.54, 1.807) is 0 Å². The van der Waals surface area contributed by atoms with E-state index in [0.29, 0.717) is 44.9 Å². The number of esters is 2. The van der Waals surface area contributed by atoms with E-state index in [9.17, 15) is 112 Å². The summed E-state index contributed by atoms with van der Waals surface area (Å²) in [6, 6.07) is -1.47. The third-order valence-electron chi connectivity index (χ3n) is 28.7. The van der Waals surface area contributed by atoms with Gasteiger partial charge < -0.3 is 188 Å². The number of amides is 1. The van der Waals surface area contributed by atoms with Crippen LogP contribution in [0.3, 0.4) is 0 Å². The molecule has 41 heteroatoms. The van der Waals surface area contributed by atoms with Gasteiger partial charge in [-0.05, 0) is 103 Å². The average Bonchev–Trinajstić information content (AvgIpc) is 0.721. The number of ether oxygens (including phenoxy) is 17. The number of aliphatic hydroxyl groups excluding tert-OH is 19. The topological polar surface area (TPSA) is 625 Å². The number of hydrogen-bond acceptors (Lipinski definition) is 40. The Kier molecular flexibility index (Phi) is 27.8. The summed E-state index contributed by atoms with van der Waals surface area (Å²) in [5.74, 6) is -3.46. The molecule has 8 heterocycles. The molecule has 43 atom stereocenters. The highest BCUT2D eigenvalue weighted by atomic mass is 16.8. The molecule has 8 saturated heterocycles. The quantitative estimate of drug-likeness (QED) is 0.0272. The molecule has 676 valence electrons. The smallest absolute Gasteiger partial charge is 0.317 e. The van der Waals surface area contributed by atoms with E-state index in [-0.39, 0.29) is 24.7 Å². The number of hydrogen-bond donors (Lipinski definition) is 21. The molecular formula is C77H123NO40. The molecule has 5 aliphatic carbocycles. The van der Waals surface area contributed by atoms with Gasteiger partial charge in [0.1, 0.15) is 164 Å². The molecule has 0 aromatic heterocycles. The minimum Gasteiger partial charge on any atom is -0.463 e. The van der Waals surface area contributed by atoms with Crippen molar-refractivity contribution < 1.29 is 197 Å². The number of carbonyl (C=O) groups excluding carboxylic acids is 3. The summed E-state index contributed by atoms with van der Waals surface area (Å²) < 4.78 is 103. The maximum atomic E-state index is 16.3. The summed E-state index contributed by atoms with van der Waals surface area (Å²) in [7, 11) is 0. The number of carbonyl (C=O) groups is 3. The molecule has 43 unspecified atom stereocenters. The van der Waals surface area contributed by atoms with Gasteiger partial charge in [0, 0.05) is 13.8 Å². The van der Waals surface area contributed by atoms with Gasteiger partial charge in [-0.15, -0.1) is 0 Å². The second kappa shape index (κ2) is 35.5. The summed E-state index contributed by atoms with van der Waals surface area (Å²) in [5, 5.41) is 225. The number of rotatable bonds is 22. The molecule has 13 aliphatic rings. The van der Waals surface area contributed by atoms with Crippen LogP contribution >= 0.6 is 0 Å². The van der Waals surface area contributed by atoms with Crippen LogP contribution in [0, 0.1) is 50.2 Å². The Bertz CT molecular complexity index is 3480. The third-order valence-corrected chi connectivity index (χ3v) is 28.7. The van der Waals surface area contributed by atoms with Crippen LogP contribution in [-0.2, 0) is 94.9 Å². The van der Waals surface area contributed by atoms with Crippen LogP contribution < -0.4 is 5.32 Å². The van der Waals surface area contributed by atoms with Gasteiger partial charge in [-0.25, -0.2) is 0 Å². The van der Waals surface area contributed by atoms with Crippen LogP contribution in [0.25, 0.3) is 0 Å². The van der Waals surface area contributed by atoms with E-state index in [2.05, 4.69) is 59.9 Å². The average molecular weight is 1700 g/mol. The van der Waals surface area contributed by atoms with Crippen LogP contribution in [-0.4, -0.2) is 400 Å². The van der Waals surface area contributed by atoms with Crippen molar-refractivity contribution in [3.63, 3.8) is 0 Å². The Morgan fingerprint density at radius 3 is 1.64 bits per heavy atom. The van der Waals surface area contributed by atoms with E-state index in [1.807, 2.05) is 0 Å². The number of fused-ring (bicyclic) bond motifs is 7. The van der Waals surface area contributed by atoms with E-state index >= 15 is 4.79 Å². The molecular weight excluding hydrogens is 1580 g/mol. The van der Waals surface area contributed by atoms with Gasteiger partial charge >= 0.3 is 11.9 Å². The zero-order valence-corrected chi connectivity index (χ0v) is 67.4. The largest absolute Gasteiger partial charge is 0.463 e. The van der Waals surface area contributed by atoms with Crippen molar-refractivity contribution in [1.82, 2.24) is 5.32 Å². The van der Waals surface area contributed by atoms with Gasteiger partial charge in [-0.2, -0.15) is 0 Å². The molecule has 8 aliphatic heterocycles. The standard InChI is InChI=1S/C77H123NO40/c1-29(81)78-44-49(92)58(115-67-53(96)50(93)47(90)37(20-79)109-67)39(26-107-63-54(97)56(35(85)23-103-63)113-64-51(94)45(88)33(83)21-104-64)111-62(44)112-43-13-14-73(7)40(72(43,5)6)12-15-74(8)41(73)11-10-31-32-18-71(3,4)16-17-77(32,42(87)19-75(31,74)9)70(100)118-68-60(117-66-55(98)57(36(86)24-106-66)114-69-61(99)76(101,27-80)28-108-69)59(48(91)38(110-68)25-102-30(2)82)116-65-52(95)46(89)34(84)22-105-65/h10,32-69,79-80,83-99,101H,11-28H2,1-9H3,(H,78,81). The minimum absolute atomic E-state index is 0.0288. The highest BCUT2D eigenvalue weighted by molar-refractivity contribution is 5.80. The number of nitrogens with one attached hydrogen (secondary N) is 1. The van der Waals surface area contributed by atoms with Gasteiger partial charge in [0.25, 0.3) is 0 Å². The molecule has 0 aromatic rings. The molecule has 1 amide bonds. The molecule has 0 bridgehead atoms. The second-order valence-corrected chi connectivity index (χ2v) is 36.9. The summed E-state index contributed by atoms with van der Waals surface area (Å²) in [4.78, 5) is 42.1. The van der Waals surface area contributed by atoms with Crippen LogP contribution in [0.15, 0.2) is 11.6 Å². The van der Waals surface area contributed by atoms with Crippen molar-refractivity contribution in [1.29, 1.82) is 0 Å². The summed E-state index contributed by atoms with van der Waals surface area (Å²) >= 11 is 0. The van der Waals surface area contributed by atoms with Gasteiger partial charge in [0.2, 0.25) is 12.2 Å². The minimum atomic E-state index is -2.20. The lowest BCUT2D eigenvalue weighted by atomic mass is 9.33. The summed E-state index contributed by atoms with van der Waals surface area (Å²) in [5.41, 5.74) is -6.22. The molecule has 0 spiro atoms. The summed E-state index contributed by atoms with van der Waals surface area (Å²) in [6.07, 6.45) is -54.0. The van der Waals surface area contributed by atoms with E-state index in [4.69, 9.17) is 80.5 Å². The highest BCUT2D eigenvalue weighted by Gasteiger charge is 2.73. The summed E-state index contributed by atoms with van der Waals surface area (Å²) in [6.45, 7) is 11.0. The van der Waals surface area contributed by atoms with Crippen molar-refractivity contribution in [3.05, 3.63) is 11.6 Å². The maximum absolute atomic E-state index is 16.3. The zero-order valence-electron chi connectivity index (χ0n) is 67.4. The predicted octanol–water partition coefficient (Wildman–Crippen LogP) is -7.86. The van der Waals surface area contributed by atoms with Gasteiger partial charge in [-0.3, -0.25) is 14.4 Å². The molecule has 4 saturated carbocycles. The lowest BCUT2D eigenvalue weighted by molar-refractivity contribution is -0.381. The molecule has 41 nitrogen and oxygen atoms in total. The van der Waals surface area contributed by atoms with Gasteiger partial charge in [0.05, 0.1) is 65.1 Å². The van der Waals surface area contributed by atoms with E-state index < -0.39 is 336 Å². The fraction of sp³-hybridized carbons (Fsp3) is 0.935. The molecule has 13 rings (SSSR count). The SMILES string of the molecule is CC(=O)NC1C(OC2CCC3(C)C(CCC4(C)C3CC=C3C5CC(C)(C)CCC5(C(=O)OC5OC(COC(C)=O)C(O)C(OC6OCC(O)C(O)C6O)C5OC5OCC(O)C(OC6OCC(O)(CO)C6O)C5O)C(O)CC34C)C2(C)C)OC(COC2OCC(O)C(OC3OCC(O)C(O)C3O)C2O)C(OC2OC(CO)C(O)C(O)C2O)C1O. The molecule has 21 N–H and O–H groups in total. The third kappa shape index (κ3) is 16.9. The first-order valence-corrected chi connectivity index (χ1v) is 40.8. The molecule has 118 heavy (non-hydrogen) atoms. The first-order chi connectivity index (χ1) is 55.4. The molecule has 12 fully saturated rings. The predicted molar refractivity (Wildman–Crippen MR) is 386 cm³/mol. The second-order valence-electron chi connectivity index (χ2n) is 36.9. The Labute approximate surface area is 680 Å². The molecule has 0 radical (unpaired) electrons. The molecule has 0 aromatic carbocycles. The van der Waals surface area contributed by atoms with Gasteiger partial charge in [-0.1, -0.05) is 60.1 Å². The van der Waals surface area contributed by atoms with Gasteiger partial charge in [0.15, 0.2) is 50.1 Å². The lowest BCUT2D eigenvalue weighted by Gasteiger charge is -2.72. The van der Waals surface area contributed by atoms with Crippen molar-refractivity contribution in [2.45, 2.75) is 341 Å². The fourth-order valence-electron chi connectivity index (χ4n) is 21.7. The Morgan fingerprint density at radius 2 is 1.04 bits per heavy atom. The normalized spacial score (nSPS) is 52.0. The van der Waals surface area contributed by atoms with Crippen LogP contribution in [0.5, 0.6) is 0 Å². The fourth-order valence-corrected chi connectivity index (χ4v) is 21.7. The highest BCUT2D eigenvalue weighted by Crippen LogP contribution is 2.76. The monoisotopic (exact) mass is 1700 g/mol. The zero-order chi connectivity index (χ0) is 85.9. The van der Waals surface area contributed by atoms with Crippen molar-refractivity contribution in [3.8, 4) is 0 Å². The Morgan fingerprint density at radius 1 is 0.492 bits per heavy atom. The van der Waals surface area contributed by atoms with Crippen LogP contribution in [0.2, 0.25) is 0 Å². The van der Waals surface area contributed by atoms with Crippen molar-refractivity contribution >= 4 is 17.8 Å². The maximum Gasteiger partial charge on any atom is 0.317 e. The number of aliphatic hydroxyl groups is 20. The van der Waals surface area contributed by atoms with E-state index in [1.165, 1.54) is 6.92 Å². The lowest BCUT2D eigenvalue weighted by Crippen LogP contribution is -2.69. The van der Waals surface area contributed by atoms with Crippen LogP contribution in [0.1, 0.15) is 120 Å². The number of allylic oxidation sites excluding steroid dienone is 2. The van der Waals surface area contributed by atoms with Crippen LogP contribution in [0.4, 0.5) is 0 Å². The Balaban J connectivity index is 0.774. The van der Waals surface area contributed by atoms with Crippen molar-refractivity contribution in [2.75, 3.05) is 59.5 Å².